The number of aryl methyl sites for hydroxylation is 1. The minimum Gasteiger partial charge on any atom is -0.439 e. The second-order valence-electron chi connectivity index (χ2n) is 4.67. The van der Waals surface area contributed by atoms with Gasteiger partial charge in [-0.05, 0) is 12.1 Å². The van der Waals surface area contributed by atoms with Crippen LogP contribution in [0.2, 0.25) is 0 Å². The number of ether oxygens (including phenoxy) is 1. The maximum atomic E-state index is 11.5. The van der Waals surface area contributed by atoms with Crippen LogP contribution in [0.25, 0.3) is 11.2 Å². The van der Waals surface area contributed by atoms with Gasteiger partial charge in [-0.25, -0.2) is 9.78 Å². The fourth-order valence-electron chi connectivity index (χ4n) is 1.98. The average Bonchev–Trinajstić information content (AvgIpc) is 2.74. The van der Waals surface area contributed by atoms with Crippen LogP contribution in [0.3, 0.4) is 0 Å². The van der Waals surface area contributed by atoms with Crippen molar-refractivity contribution in [2.75, 3.05) is 5.32 Å². The number of amides is 1. The van der Waals surface area contributed by atoms with Gasteiger partial charge in [0.15, 0.2) is 5.65 Å². The molecule has 0 aliphatic rings. The first-order chi connectivity index (χ1) is 10.5. The number of pyridine rings is 2. The molecule has 3 heterocycles. The second kappa shape index (κ2) is 5.32. The summed E-state index contributed by atoms with van der Waals surface area (Å²) in [5, 5.41) is 2.57. The first-order valence-electron chi connectivity index (χ1n) is 6.50. The largest absolute Gasteiger partial charge is 0.439 e. The van der Waals surface area contributed by atoms with Gasteiger partial charge in [-0.1, -0.05) is 0 Å². The third kappa shape index (κ3) is 2.66. The molecule has 0 saturated carbocycles. The lowest BCUT2D eigenvalue weighted by Gasteiger charge is -2.06. The van der Waals surface area contributed by atoms with E-state index in [9.17, 15) is 9.59 Å². The summed E-state index contributed by atoms with van der Waals surface area (Å²) in [6.45, 7) is 1.40. The van der Waals surface area contributed by atoms with Crippen molar-refractivity contribution in [1.82, 2.24) is 19.5 Å². The van der Waals surface area contributed by atoms with E-state index in [2.05, 4.69) is 20.3 Å². The molecule has 22 heavy (non-hydrogen) atoms. The third-order valence-electron chi connectivity index (χ3n) is 2.97. The van der Waals surface area contributed by atoms with E-state index in [1.165, 1.54) is 17.7 Å². The number of nitrogens with zero attached hydrogens (tertiary/aromatic N) is 3. The molecule has 3 rings (SSSR count). The minimum atomic E-state index is -0.239. The SMILES string of the molecule is CC(=O)Nc1cc(Oc2ccc3[nH]c(=O)n(C)c3n2)ccn1. The standard InChI is InChI=1S/C14H13N5O3/c1-8(20)16-11-7-9(5-6-15-11)22-12-4-3-10-13(18-12)19(2)14(21)17-10/h3-7H,1-2H3,(H,17,21)(H,15,16,20). The fraction of sp³-hybridized carbons (Fsp3) is 0.143. The van der Waals surface area contributed by atoms with Crippen molar-refractivity contribution in [2.45, 2.75) is 6.92 Å². The van der Waals surface area contributed by atoms with Crippen molar-refractivity contribution in [3.05, 3.63) is 40.9 Å². The number of aromatic amines is 1. The summed E-state index contributed by atoms with van der Waals surface area (Å²) in [6, 6.07) is 6.60. The number of hydrogen-bond acceptors (Lipinski definition) is 5. The number of aromatic nitrogens is 4. The van der Waals surface area contributed by atoms with Gasteiger partial charge in [0.25, 0.3) is 0 Å². The van der Waals surface area contributed by atoms with E-state index in [-0.39, 0.29) is 11.6 Å². The Balaban J connectivity index is 1.91. The maximum Gasteiger partial charge on any atom is 0.327 e. The highest BCUT2D eigenvalue weighted by Gasteiger charge is 2.07. The summed E-state index contributed by atoms with van der Waals surface area (Å²) in [5.74, 6) is 0.986. The van der Waals surface area contributed by atoms with Crippen molar-refractivity contribution in [3.8, 4) is 11.6 Å². The Labute approximate surface area is 124 Å². The summed E-state index contributed by atoms with van der Waals surface area (Å²) in [6.07, 6.45) is 1.52. The van der Waals surface area contributed by atoms with Gasteiger partial charge >= 0.3 is 5.69 Å². The Hall–Kier alpha value is -3.16. The van der Waals surface area contributed by atoms with Crippen LogP contribution in [-0.4, -0.2) is 25.4 Å². The van der Waals surface area contributed by atoms with Crippen molar-refractivity contribution in [1.29, 1.82) is 0 Å². The zero-order valence-corrected chi connectivity index (χ0v) is 12.0. The van der Waals surface area contributed by atoms with Crippen LogP contribution in [0.4, 0.5) is 5.82 Å². The first-order valence-corrected chi connectivity index (χ1v) is 6.50. The Bertz CT molecular complexity index is 912. The molecule has 0 aromatic carbocycles. The van der Waals surface area contributed by atoms with E-state index in [1.54, 1.807) is 31.3 Å². The number of carbonyl (C=O) groups excluding carboxylic acids is 1. The molecule has 8 nitrogen and oxygen atoms in total. The highest BCUT2D eigenvalue weighted by molar-refractivity contribution is 5.87. The normalized spacial score (nSPS) is 10.6. The van der Waals surface area contributed by atoms with E-state index in [4.69, 9.17) is 4.74 Å². The molecule has 0 bridgehead atoms. The lowest BCUT2D eigenvalue weighted by atomic mass is 10.4. The van der Waals surface area contributed by atoms with Crippen molar-refractivity contribution >= 4 is 22.9 Å². The molecule has 8 heteroatoms. The molecule has 3 aromatic rings. The molecule has 0 radical (unpaired) electrons. The molecule has 0 spiro atoms. The van der Waals surface area contributed by atoms with Gasteiger partial charge in [0.1, 0.15) is 11.6 Å². The van der Waals surface area contributed by atoms with Crippen LogP contribution in [0.15, 0.2) is 35.3 Å². The molecule has 1 amide bonds. The van der Waals surface area contributed by atoms with Crippen molar-refractivity contribution in [3.63, 3.8) is 0 Å². The minimum absolute atomic E-state index is 0.216. The van der Waals surface area contributed by atoms with Crippen LogP contribution >= 0.6 is 0 Å². The van der Waals surface area contributed by atoms with E-state index in [0.29, 0.717) is 28.6 Å². The Morgan fingerprint density at radius 1 is 1.36 bits per heavy atom. The predicted molar refractivity (Wildman–Crippen MR) is 79.9 cm³/mol. The predicted octanol–water partition coefficient (Wildman–Crippen LogP) is 1.41. The van der Waals surface area contributed by atoms with Gasteiger partial charge in [0, 0.05) is 32.3 Å². The van der Waals surface area contributed by atoms with Crippen LogP contribution in [0, 0.1) is 0 Å². The zero-order valence-electron chi connectivity index (χ0n) is 12.0. The number of anilines is 1. The molecule has 0 saturated heterocycles. The highest BCUT2D eigenvalue weighted by atomic mass is 16.5. The summed E-state index contributed by atoms with van der Waals surface area (Å²) in [5.41, 5.74) is 0.892. The van der Waals surface area contributed by atoms with Gasteiger partial charge in [0.2, 0.25) is 11.8 Å². The summed E-state index contributed by atoms with van der Waals surface area (Å²) >= 11 is 0. The quantitative estimate of drug-likeness (QED) is 0.761. The van der Waals surface area contributed by atoms with Gasteiger partial charge in [-0.2, -0.15) is 4.98 Å². The lowest BCUT2D eigenvalue weighted by Crippen LogP contribution is -2.12. The molecule has 0 aliphatic carbocycles. The number of fused-ring (bicyclic) bond motifs is 1. The Kier molecular flexibility index (Phi) is 3.34. The molecule has 2 N–H and O–H groups in total. The molecule has 0 atom stereocenters. The average molecular weight is 299 g/mol. The topological polar surface area (TPSA) is 102 Å². The van der Waals surface area contributed by atoms with Gasteiger partial charge in [0.05, 0.1) is 5.52 Å². The lowest BCUT2D eigenvalue weighted by molar-refractivity contribution is -0.114. The van der Waals surface area contributed by atoms with Crippen LogP contribution in [0.5, 0.6) is 11.6 Å². The molecule has 0 aliphatic heterocycles. The van der Waals surface area contributed by atoms with E-state index >= 15 is 0 Å². The van der Waals surface area contributed by atoms with Gasteiger partial charge in [-0.3, -0.25) is 9.36 Å². The maximum absolute atomic E-state index is 11.5. The summed E-state index contributed by atoms with van der Waals surface area (Å²) in [7, 11) is 1.62. The Morgan fingerprint density at radius 3 is 2.95 bits per heavy atom. The number of nitrogens with one attached hydrogen (secondary N) is 2. The summed E-state index contributed by atoms with van der Waals surface area (Å²) in [4.78, 5) is 33.5. The van der Waals surface area contributed by atoms with Crippen LogP contribution in [-0.2, 0) is 11.8 Å². The van der Waals surface area contributed by atoms with Crippen LogP contribution in [0.1, 0.15) is 6.92 Å². The second-order valence-corrected chi connectivity index (χ2v) is 4.67. The molecule has 112 valence electrons. The third-order valence-corrected chi connectivity index (χ3v) is 2.97. The fourth-order valence-corrected chi connectivity index (χ4v) is 1.98. The monoisotopic (exact) mass is 299 g/mol. The molecular formula is C14H13N5O3. The van der Waals surface area contributed by atoms with Crippen LogP contribution < -0.4 is 15.7 Å². The van der Waals surface area contributed by atoms with Crippen molar-refractivity contribution < 1.29 is 9.53 Å². The number of carbonyl (C=O) groups is 1. The molecule has 0 fully saturated rings. The van der Waals surface area contributed by atoms with E-state index in [0.717, 1.165) is 0 Å². The number of rotatable bonds is 3. The number of H-pyrrole nitrogens is 1. The van der Waals surface area contributed by atoms with E-state index < -0.39 is 0 Å². The van der Waals surface area contributed by atoms with Gasteiger partial charge in [-0.15, -0.1) is 0 Å². The number of hydrogen-bond donors (Lipinski definition) is 2. The molecule has 0 unspecified atom stereocenters. The summed E-state index contributed by atoms with van der Waals surface area (Å²) < 4.78 is 7.04. The van der Waals surface area contributed by atoms with Gasteiger partial charge < -0.3 is 15.0 Å². The first kappa shape index (κ1) is 13.8. The zero-order chi connectivity index (χ0) is 15.7. The number of imidazole rings is 1. The van der Waals surface area contributed by atoms with Crippen molar-refractivity contribution in [2.24, 2.45) is 7.05 Å². The molecular weight excluding hydrogens is 286 g/mol. The van der Waals surface area contributed by atoms with E-state index in [1.807, 2.05) is 0 Å². The Morgan fingerprint density at radius 2 is 2.18 bits per heavy atom. The smallest absolute Gasteiger partial charge is 0.327 e. The highest BCUT2D eigenvalue weighted by Crippen LogP contribution is 2.22. The molecule has 3 aromatic heterocycles.